The van der Waals surface area contributed by atoms with Crippen LogP contribution in [0.3, 0.4) is 0 Å². The Labute approximate surface area is 327 Å². The summed E-state index contributed by atoms with van der Waals surface area (Å²) in [6.45, 7) is 4.26. The highest BCUT2D eigenvalue weighted by Crippen LogP contribution is 2.41. The van der Waals surface area contributed by atoms with Gasteiger partial charge in [0.1, 0.15) is 17.1 Å². The van der Waals surface area contributed by atoms with Gasteiger partial charge in [-0.05, 0) is 47.4 Å². The van der Waals surface area contributed by atoms with Gasteiger partial charge in [-0.15, -0.1) is 0 Å². The van der Waals surface area contributed by atoms with Crippen molar-refractivity contribution in [2.24, 2.45) is 0 Å². The molecule has 296 valence electrons. The number of rotatable bonds is 11. The number of carbonyl (C=O) groups is 2. The van der Waals surface area contributed by atoms with Crippen molar-refractivity contribution in [1.82, 2.24) is 35.1 Å². The van der Waals surface area contributed by atoms with Gasteiger partial charge in [0.05, 0.1) is 24.2 Å². The van der Waals surface area contributed by atoms with Crippen molar-refractivity contribution >= 4 is 63.4 Å². The highest BCUT2D eigenvalue weighted by molar-refractivity contribution is 7.92. The summed E-state index contributed by atoms with van der Waals surface area (Å²) in [7, 11) is -2.43. The second-order valence-electron chi connectivity index (χ2n) is 13.8. The van der Waals surface area contributed by atoms with Gasteiger partial charge in [-0.2, -0.15) is 30.8 Å². The molecule has 0 radical (unpaired) electrons. The average Bonchev–Trinajstić information content (AvgIpc) is 3.50. The molecule has 2 fully saturated rings. The quantitative estimate of drug-likeness (QED) is 0.127. The predicted octanol–water partition coefficient (Wildman–Crippen LogP) is 3.91. The Kier molecular flexibility index (Phi) is 11.1. The third kappa shape index (κ3) is 8.52. The van der Waals surface area contributed by atoms with Crippen molar-refractivity contribution in [3.05, 3.63) is 89.0 Å². The first kappa shape index (κ1) is 39.2. The number of sulfonamides is 1. The third-order valence-corrected chi connectivity index (χ3v) is 11.9. The minimum absolute atomic E-state index is 0.0312. The molecule has 3 aliphatic heterocycles. The summed E-state index contributed by atoms with van der Waals surface area (Å²) in [5.41, 5.74) is 4.02. The average molecular weight is 812 g/mol. The van der Waals surface area contributed by atoms with Crippen molar-refractivity contribution in [2.75, 3.05) is 59.3 Å². The number of halogens is 3. The summed E-state index contributed by atoms with van der Waals surface area (Å²) in [6.07, 6.45) is 0.290. The molecule has 0 spiro atoms. The van der Waals surface area contributed by atoms with E-state index < -0.39 is 33.6 Å². The molecule has 2 atom stereocenters. The van der Waals surface area contributed by atoms with E-state index in [2.05, 4.69) is 62.7 Å². The molecule has 3 N–H and O–H groups in total. The van der Waals surface area contributed by atoms with E-state index in [-0.39, 0.29) is 41.2 Å². The number of amides is 2. The molecule has 4 aromatic rings. The number of nitrogens with zero attached hydrogens (tertiary/aromatic N) is 8. The summed E-state index contributed by atoms with van der Waals surface area (Å²) in [5.74, 6) is -1.13. The summed E-state index contributed by atoms with van der Waals surface area (Å²) in [6, 6.07) is 13.3. The van der Waals surface area contributed by atoms with Crippen LogP contribution in [0.25, 0.3) is 0 Å². The van der Waals surface area contributed by atoms with E-state index in [9.17, 15) is 31.2 Å². The van der Waals surface area contributed by atoms with Crippen LogP contribution in [0.2, 0.25) is 0 Å². The van der Waals surface area contributed by atoms with Gasteiger partial charge in [-0.3, -0.25) is 34.0 Å². The highest BCUT2D eigenvalue weighted by atomic mass is 32.2. The molecular weight excluding hydrogens is 772 g/mol. The van der Waals surface area contributed by atoms with Gasteiger partial charge in [0.2, 0.25) is 27.8 Å². The van der Waals surface area contributed by atoms with Crippen LogP contribution in [-0.4, -0.2) is 95.5 Å². The molecular formula is C36H40F3N11O4S2. The molecule has 0 saturated carbocycles. The molecule has 0 aliphatic carbocycles. The number of anilines is 5. The number of piperidine rings is 1. The fraction of sp³-hybridized carbons (Fsp3) is 0.389. The van der Waals surface area contributed by atoms with Gasteiger partial charge in [0.15, 0.2) is 5.82 Å². The number of imide groups is 1. The zero-order valence-corrected chi connectivity index (χ0v) is 32.2. The molecule has 56 heavy (non-hydrogen) atoms. The van der Waals surface area contributed by atoms with E-state index >= 15 is 0 Å². The lowest BCUT2D eigenvalue weighted by Crippen LogP contribution is -2.51. The van der Waals surface area contributed by atoms with E-state index in [4.69, 9.17) is 12.6 Å². The van der Waals surface area contributed by atoms with Gasteiger partial charge < -0.3 is 15.5 Å². The lowest BCUT2D eigenvalue weighted by atomic mass is 10.0. The molecule has 15 nitrogen and oxygen atoms in total. The van der Waals surface area contributed by atoms with Crippen LogP contribution in [0.5, 0.6) is 0 Å². The Morgan fingerprint density at radius 1 is 1.02 bits per heavy atom. The molecule has 7 rings (SSSR count). The summed E-state index contributed by atoms with van der Waals surface area (Å²) in [5, 5.41) is 7.84. The van der Waals surface area contributed by atoms with Gasteiger partial charge in [0.25, 0.3) is 0 Å². The summed E-state index contributed by atoms with van der Waals surface area (Å²) in [4.78, 5) is 47.2. The Morgan fingerprint density at radius 2 is 1.75 bits per heavy atom. The first-order valence-corrected chi connectivity index (χ1v) is 20.2. The molecule has 2 saturated heterocycles. The first-order valence-electron chi connectivity index (χ1n) is 17.8. The fourth-order valence-electron chi connectivity index (χ4n) is 7.11. The van der Waals surface area contributed by atoms with E-state index in [1.165, 1.54) is 30.6 Å². The van der Waals surface area contributed by atoms with Crippen LogP contribution in [-0.2, 0) is 45.4 Å². The van der Waals surface area contributed by atoms with E-state index in [1.807, 2.05) is 18.2 Å². The minimum atomic E-state index is -4.77. The number of piperazine rings is 1. The maximum absolute atomic E-state index is 13.9. The molecule has 20 heteroatoms. The number of benzene rings is 2. The fourth-order valence-corrected chi connectivity index (χ4v) is 8.06. The van der Waals surface area contributed by atoms with Crippen molar-refractivity contribution in [2.45, 2.75) is 50.1 Å². The SMILES string of the molecule is CN(c1nccnc1CNc1nc(Nc2ccc(N3CCN(Cc4cccc5c4CN(C4CCC(=O)NC4=O)C5S)CC3)cc2)ncc1C(F)(F)F)S(C)(=O)=O. The van der Waals surface area contributed by atoms with E-state index in [0.29, 0.717) is 31.3 Å². The zero-order chi connectivity index (χ0) is 39.8. The lowest BCUT2D eigenvalue weighted by Gasteiger charge is -2.36. The largest absolute Gasteiger partial charge is 0.421 e. The molecule has 5 heterocycles. The topological polar surface area (TPSA) is 169 Å². The van der Waals surface area contributed by atoms with E-state index in [0.717, 1.165) is 54.5 Å². The molecule has 2 aromatic carbocycles. The smallest absolute Gasteiger partial charge is 0.369 e. The number of carbonyl (C=O) groups excluding carboxylic acids is 2. The van der Waals surface area contributed by atoms with Crippen LogP contribution in [0.4, 0.5) is 42.1 Å². The molecule has 2 amide bonds. The van der Waals surface area contributed by atoms with Gasteiger partial charge in [-0.1, -0.05) is 18.2 Å². The number of thiol groups is 1. The Morgan fingerprint density at radius 3 is 2.45 bits per heavy atom. The number of alkyl halides is 3. The molecule has 2 unspecified atom stereocenters. The number of nitrogens with one attached hydrogen (secondary N) is 3. The summed E-state index contributed by atoms with van der Waals surface area (Å²) >= 11 is 4.86. The number of aromatic nitrogens is 4. The van der Waals surface area contributed by atoms with Gasteiger partial charge >= 0.3 is 6.18 Å². The Balaban J connectivity index is 0.965. The number of hydrogen-bond acceptors (Lipinski definition) is 14. The van der Waals surface area contributed by atoms with Crippen LogP contribution >= 0.6 is 12.6 Å². The highest BCUT2D eigenvalue weighted by Gasteiger charge is 2.40. The third-order valence-electron chi connectivity index (χ3n) is 10.2. The molecule has 2 aromatic heterocycles. The number of hydrogen-bond donors (Lipinski definition) is 4. The molecule has 3 aliphatic rings. The monoisotopic (exact) mass is 811 g/mol. The van der Waals surface area contributed by atoms with E-state index in [1.54, 1.807) is 12.1 Å². The van der Waals surface area contributed by atoms with Gasteiger partial charge in [-0.25, -0.2) is 18.4 Å². The normalized spacial score (nSPS) is 19.4. The first-order chi connectivity index (χ1) is 26.7. The minimum Gasteiger partial charge on any atom is -0.369 e. The van der Waals surface area contributed by atoms with Crippen LogP contribution in [0, 0.1) is 0 Å². The van der Waals surface area contributed by atoms with Crippen LogP contribution in [0.1, 0.15) is 46.2 Å². The lowest BCUT2D eigenvalue weighted by molar-refractivity contribution is -0.138. The Hall–Kier alpha value is -5.05. The van der Waals surface area contributed by atoms with Crippen molar-refractivity contribution < 1.29 is 31.2 Å². The van der Waals surface area contributed by atoms with Crippen LogP contribution in [0.15, 0.2) is 61.1 Å². The summed E-state index contributed by atoms with van der Waals surface area (Å²) < 4.78 is 66.9. The second kappa shape index (κ2) is 15.8. The van der Waals surface area contributed by atoms with Gasteiger partial charge in [0, 0.05) is 82.7 Å². The van der Waals surface area contributed by atoms with Crippen molar-refractivity contribution in [3.8, 4) is 0 Å². The number of fused-ring (bicyclic) bond motifs is 1. The predicted molar refractivity (Wildman–Crippen MR) is 207 cm³/mol. The second-order valence-corrected chi connectivity index (χ2v) is 16.3. The Bertz CT molecular complexity index is 2220. The van der Waals surface area contributed by atoms with Crippen molar-refractivity contribution in [3.63, 3.8) is 0 Å². The molecule has 0 bridgehead atoms. The maximum atomic E-state index is 13.9. The maximum Gasteiger partial charge on any atom is 0.421 e. The van der Waals surface area contributed by atoms with Crippen LogP contribution < -0.4 is 25.2 Å². The zero-order valence-electron chi connectivity index (χ0n) is 30.5. The van der Waals surface area contributed by atoms with Crippen molar-refractivity contribution in [1.29, 1.82) is 0 Å². The standard InChI is InChI=1S/C36H40F3N11O4S2/c1-47(56(2,53)54)32-28(40-12-13-41-32)19-42-31-27(36(37,38)39)18-43-35(46-31)44-23-6-8-24(9-7-23)49-16-14-48(15-17-49)20-22-4-3-5-25-26(22)21-50(34(25)55)29-10-11-30(51)45-33(29)52/h3-9,12-13,18,29,34,55H,10-11,14-17,19-21H2,1-2H3,(H,45,51,52)(H2,42,43,44,46).